The molecule has 0 radical (unpaired) electrons. The molecule has 0 unspecified atom stereocenters. The van der Waals surface area contributed by atoms with Crippen LogP contribution in [0.4, 0.5) is 19.4 Å². The minimum absolute atomic E-state index is 0.0806. The fourth-order valence-electron chi connectivity index (χ4n) is 2.92. The molecule has 2 N–H and O–H groups in total. The molecule has 0 aromatic carbocycles. The molecule has 2 aromatic heterocycles. The Bertz CT molecular complexity index is 930. The second-order valence-corrected chi connectivity index (χ2v) is 7.25. The summed E-state index contributed by atoms with van der Waals surface area (Å²) in [5, 5.41) is 0.403. The van der Waals surface area contributed by atoms with Gasteiger partial charge < -0.3 is 24.5 Å². The number of cyclic esters (lactones) is 1. The van der Waals surface area contributed by atoms with E-state index in [1.807, 2.05) is 0 Å². The van der Waals surface area contributed by atoms with Gasteiger partial charge in [0.15, 0.2) is 22.8 Å². The number of rotatable bonds is 5. The summed E-state index contributed by atoms with van der Waals surface area (Å²) in [5.74, 6) is 0.402. The minimum atomic E-state index is -2.76. The molecule has 150 valence electrons. The first-order valence-corrected chi connectivity index (χ1v) is 9.21. The van der Waals surface area contributed by atoms with Crippen molar-refractivity contribution in [2.24, 2.45) is 5.73 Å². The summed E-state index contributed by atoms with van der Waals surface area (Å²) in [5.41, 5.74) is 5.21. The third kappa shape index (κ3) is 3.13. The Morgan fingerprint density at radius 1 is 1.46 bits per heavy atom. The Morgan fingerprint density at radius 3 is 2.96 bits per heavy atom. The number of hydrogen-bond acceptors (Lipinski definition) is 7. The van der Waals surface area contributed by atoms with Crippen molar-refractivity contribution in [3.05, 3.63) is 12.3 Å². The molecule has 0 spiro atoms. The van der Waals surface area contributed by atoms with Gasteiger partial charge >= 0.3 is 6.09 Å². The number of primary amides is 1. The summed E-state index contributed by atoms with van der Waals surface area (Å²) in [6, 6.07) is 0.233. The molecule has 12 heteroatoms. The molecule has 1 fully saturated rings. The molecule has 0 saturated carbocycles. The topological polar surface area (TPSA) is 109 Å². The molecule has 2 aromatic rings. The van der Waals surface area contributed by atoms with Crippen LogP contribution in [0.3, 0.4) is 0 Å². The van der Waals surface area contributed by atoms with Crippen LogP contribution in [0, 0.1) is 0 Å². The van der Waals surface area contributed by atoms with Crippen LogP contribution in [0.2, 0.25) is 0 Å². The maximum Gasteiger partial charge on any atom is 0.416 e. The summed E-state index contributed by atoms with van der Waals surface area (Å²) >= 11 is 1.18. The zero-order valence-electron chi connectivity index (χ0n) is 14.6. The Balaban J connectivity index is 1.69. The van der Waals surface area contributed by atoms with Crippen LogP contribution in [0.1, 0.15) is 6.92 Å². The van der Waals surface area contributed by atoms with Gasteiger partial charge in [0.05, 0.1) is 6.54 Å². The third-order valence-electron chi connectivity index (χ3n) is 4.37. The fourth-order valence-corrected chi connectivity index (χ4v) is 3.95. The van der Waals surface area contributed by atoms with E-state index in [0.29, 0.717) is 34.7 Å². The monoisotopic (exact) mass is 414 g/mol. The van der Waals surface area contributed by atoms with E-state index < -0.39 is 37.2 Å². The van der Waals surface area contributed by atoms with E-state index in [2.05, 4.69) is 4.98 Å². The highest BCUT2D eigenvalue weighted by atomic mass is 32.1. The molecule has 2 amide bonds. The smallest absolute Gasteiger partial charge is 0.416 e. The lowest BCUT2D eigenvalue weighted by molar-refractivity contribution is -0.123. The number of carbonyl (C=O) groups is 2. The van der Waals surface area contributed by atoms with Crippen molar-refractivity contribution in [1.82, 2.24) is 9.55 Å². The van der Waals surface area contributed by atoms with Crippen molar-refractivity contribution in [1.29, 1.82) is 0 Å². The summed E-state index contributed by atoms with van der Waals surface area (Å²) in [4.78, 5) is 29.0. The van der Waals surface area contributed by atoms with Crippen LogP contribution in [0.25, 0.3) is 10.7 Å². The Labute approximate surface area is 161 Å². The molecule has 0 bridgehead atoms. The number of alkyl halides is 2. The summed E-state index contributed by atoms with van der Waals surface area (Å²) in [7, 11) is 0. The first-order chi connectivity index (χ1) is 13.3. The molecule has 9 nitrogen and oxygen atoms in total. The van der Waals surface area contributed by atoms with E-state index in [1.54, 1.807) is 10.6 Å². The van der Waals surface area contributed by atoms with Crippen molar-refractivity contribution in [3.8, 4) is 21.5 Å². The van der Waals surface area contributed by atoms with E-state index in [0.717, 1.165) is 4.90 Å². The van der Waals surface area contributed by atoms with Crippen molar-refractivity contribution in [3.63, 3.8) is 0 Å². The Hall–Kier alpha value is -2.89. The number of anilines is 1. The van der Waals surface area contributed by atoms with E-state index in [1.165, 1.54) is 24.5 Å². The average Bonchev–Trinajstić information content (AvgIpc) is 3.30. The van der Waals surface area contributed by atoms with Gasteiger partial charge in [0.25, 0.3) is 12.3 Å². The molecule has 2 aliphatic rings. The lowest BCUT2D eigenvalue weighted by Gasteiger charge is -2.17. The molecule has 2 aliphatic heterocycles. The third-order valence-corrected chi connectivity index (χ3v) is 5.37. The van der Waals surface area contributed by atoms with Crippen molar-refractivity contribution in [2.75, 3.05) is 18.1 Å². The Morgan fingerprint density at radius 2 is 2.25 bits per heavy atom. The van der Waals surface area contributed by atoms with E-state index >= 15 is 0 Å². The van der Waals surface area contributed by atoms with Crippen LogP contribution in [0.5, 0.6) is 10.8 Å². The number of thiophene rings is 1. The van der Waals surface area contributed by atoms with Gasteiger partial charge in [-0.15, -0.1) is 0 Å². The second kappa shape index (κ2) is 6.93. The van der Waals surface area contributed by atoms with Gasteiger partial charge in [-0.3, -0.25) is 4.79 Å². The average molecular weight is 414 g/mol. The molecule has 28 heavy (non-hydrogen) atoms. The first kappa shape index (κ1) is 18.5. The summed E-state index contributed by atoms with van der Waals surface area (Å²) < 4.78 is 44.2. The predicted octanol–water partition coefficient (Wildman–Crippen LogP) is 1.85. The van der Waals surface area contributed by atoms with Crippen molar-refractivity contribution < 1.29 is 32.6 Å². The number of nitrogens with two attached hydrogens (primary N) is 1. The molecular weight excluding hydrogens is 398 g/mol. The first-order valence-electron chi connectivity index (χ1n) is 8.39. The number of aromatic nitrogens is 2. The molecule has 0 aliphatic carbocycles. The maximum atomic E-state index is 13.2. The van der Waals surface area contributed by atoms with Gasteiger partial charge in [-0.25, -0.2) is 23.5 Å². The molecule has 1 saturated heterocycles. The molecule has 4 heterocycles. The molecule has 4 rings (SSSR count). The maximum absolute atomic E-state index is 13.2. The SMILES string of the molecule is C[C@H](Oc1cc2c(s1)-c1nc(N3C(=O)OC[C@H]3C(F)F)cn1CCO2)C(N)=O. The van der Waals surface area contributed by atoms with Crippen molar-refractivity contribution in [2.45, 2.75) is 32.0 Å². The van der Waals surface area contributed by atoms with Gasteiger partial charge in [0.1, 0.15) is 29.9 Å². The van der Waals surface area contributed by atoms with Gasteiger partial charge in [0.2, 0.25) is 0 Å². The second-order valence-electron chi connectivity index (χ2n) is 6.23. The van der Waals surface area contributed by atoms with Gasteiger partial charge in [0, 0.05) is 12.3 Å². The summed E-state index contributed by atoms with van der Waals surface area (Å²) in [6.07, 6.45) is -2.93. The quantitative estimate of drug-likeness (QED) is 0.800. The normalized spacial score (nSPS) is 19.5. The van der Waals surface area contributed by atoms with Crippen LogP contribution in [-0.4, -0.2) is 53.3 Å². The fraction of sp³-hybridized carbons (Fsp3) is 0.438. The standard InChI is InChI=1S/C16H16F2N4O5S/c1-7(14(19)23)27-11-4-9-12(28-11)15-20-10(5-21(15)2-3-25-9)22-8(13(17)18)6-26-16(22)24/h4-5,7-8,13H,2-3,6H2,1H3,(H2,19,23)/t7-,8-/m0/s1. The zero-order chi connectivity index (χ0) is 20.0. The lowest BCUT2D eigenvalue weighted by atomic mass is 10.3. The molecular formula is C16H16F2N4O5S. The van der Waals surface area contributed by atoms with Gasteiger partial charge in [-0.05, 0) is 6.92 Å². The zero-order valence-corrected chi connectivity index (χ0v) is 15.4. The van der Waals surface area contributed by atoms with Gasteiger partial charge in [-0.2, -0.15) is 0 Å². The number of ether oxygens (including phenoxy) is 3. The number of carbonyl (C=O) groups excluding carboxylic acids is 2. The number of amides is 2. The van der Waals surface area contributed by atoms with E-state index in [4.69, 9.17) is 19.9 Å². The van der Waals surface area contributed by atoms with E-state index in [-0.39, 0.29) is 5.82 Å². The molecule has 2 atom stereocenters. The predicted molar refractivity (Wildman–Crippen MR) is 93.9 cm³/mol. The highest BCUT2D eigenvalue weighted by Crippen LogP contribution is 2.44. The Kier molecular flexibility index (Phi) is 4.57. The van der Waals surface area contributed by atoms with Crippen LogP contribution in [-0.2, 0) is 16.1 Å². The number of fused-ring (bicyclic) bond motifs is 3. The van der Waals surface area contributed by atoms with Crippen LogP contribution < -0.4 is 20.1 Å². The lowest BCUT2D eigenvalue weighted by Crippen LogP contribution is -2.38. The number of hydrogen-bond donors (Lipinski definition) is 1. The van der Waals surface area contributed by atoms with Crippen molar-refractivity contribution >= 4 is 29.2 Å². The van der Waals surface area contributed by atoms with Gasteiger partial charge in [-0.1, -0.05) is 11.3 Å². The largest absolute Gasteiger partial charge is 0.490 e. The number of halogens is 2. The highest BCUT2D eigenvalue weighted by molar-refractivity contribution is 7.17. The highest BCUT2D eigenvalue weighted by Gasteiger charge is 2.42. The minimum Gasteiger partial charge on any atom is -0.490 e. The van der Waals surface area contributed by atoms with E-state index in [9.17, 15) is 18.4 Å². The van der Waals surface area contributed by atoms with Crippen LogP contribution in [0.15, 0.2) is 12.3 Å². The number of imidazole rings is 1. The number of nitrogens with zero attached hydrogens (tertiary/aromatic N) is 3. The van der Waals surface area contributed by atoms with Crippen LogP contribution >= 0.6 is 11.3 Å². The summed E-state index contributed by atoms with van der Waals surface area (Å²) in [6.45, 7) is 1.85.